The number of benzene rings is 1. The zero-order chi connectivity index (χ0) is 14.3. The van der Waals surface area contributed by atoms with Crippen LogP contribution in [0.2, 0.25) is 5.02 Å². The third-order valence-electron chi connectivity index (χ3n) is 3.42. The van der Waals surface area contributed by atoms with Gasteiger partial charge in [0.25, 0.3) is 0 Å². The highest BCUT2D eigenvalue weighted by atomic mass is 35.5. The summed E-state index contributed by atoms with van der Waals surface area (Å²) in [5, 5.41) is 0.798. The van der Waals surface area contributed by atoms with E-state index in [0.29, 0.717) is 5.92 Å². The Bertz CT molecular complexity index is 348. The standard InChI is InChI=1S/C16H27ClN2/c1-13(2)10-15(11-18)8-9-19(3)12-14-4-6-16(17)7-5-14/h4-7,13,15H,8-12,18H2,1-3H3. The fourth-order valence-corrected chi connectivity index (χ4v) is 2.51. The van der Waals surface area contributed by atoms with Crippen molar-refractivity contribution in [2.24, 2.45) is 17.6 Å². The van der Waals surface area contributed by atoms with Gasteiger partial charge in [-0.2, -0.15) is 0 Å². The predicted molar refractivity (Wildman–Crippen MR) is 84.4 cm³/mol. The maximum Gasteiger partial charge on any atom is 0.0406 e. The molecule has 0 fully saturated rings. The van der Waals surface area contributed by atoms with E-state index in [4.69, 9.17) is 17.3 Å². The molecule has 1 rings (SSSR count). The quantitative estimate of drug-likeness (QED) is 0.786. The molecule has 19 heavy (non-hydrogen) atoms. The Balaban J connectivity index is 2.34. The van der Waals surface area contributed by atoms with Crippen LogP contribution in [0, 0.1) is 11.8 Å². The van der Waals surface area contributed by atoms with Crippen molar-refractivity contribution in [3.05, 3.63) is 34.9 Å². The van der Waals surface area contributed by atoms with Crippen LogP contribution in [0.5, 0.6) is 0 Å². The molecular formula is C16H27ClN2. The van der Waals surface area contributed by atoms with E-state index >= 15 is 0 Å². The van der Waals surface area contributed by atoms with Crippen LogP contribution >= 0.6 is 11.6 Å². The maximum atomic E-state index is 5.89. The zero-order valence-electron chi connectivity index (χ0n) is 12.4. The van der Waals surface area contributed by atoms with E-state index in [1.165, 1.54) is 18.4 Å². The largest absolute Gasteiger partial charge is 0.330 e. The van der Waals surface area contributed by atoms with Gasteiger partial charge in [-0.1, -0.05) is 37.6 Å². The van der Waals surface area contributed by atoms with Crippen LogP contribution in [0.4, 0.5) is 0 Å². The van der Waals surface area contributed by atoms with Crippen molar-refractivity contribution < 1.29 is 0 Å². The average molecular weight is 283 g/mol. The maximum absolute atomic E-state index is 5.89. The molecule has 0 saturated heterocycles. The first kappa shape index (κ1) is 16.5. The molecule has 2 nitrogen and oxygen atoms in total. The van der Waals surface area contributed by atoms with Gasteiger partial charge in [-0.3, -0.25) is 0 Å². The lowest BCUT2D eigenvalue weighted by Crippen LogP contribution is -2.25. The Kier molecular flexibility index (Phi) is 7.44. The SMILES string of the molecule is CC(C)CC(CN)CCN(C)Cc1ccc(Cl)cc1. The molecule has 0 aliphatic carbocycles. The smallest absolute Gasteiger partial charge is 0.0406 e. The molecule has 0 heterocycles. The van der Waals surface area contributed by atoms with Crippen LogP contribution in [0.15, 0.2) is 24.3 Å². The fourth-order valence-electron chi connectivity index (χ4n) is 2.38. The minimum atomic E-state index is 0.646. The second-order valence-corrected chi connectivity index (χ2v) is 6.32. The van der Waals surface area contributed by atoms with Crippen molar-refractivity contribution >= 4 is 11.6 Å². The van der Waals surface area contributed by atoms with Crippen LogP contribution in [0.25, 0.3) is 0 Å². The van der Waals surface area contributed by atoms with Crippen LogP contribution < -0.4 is 5.73 Å². The second kappa shape index (κ2) is 8.57. The molecule has 0 amide bonds. The molecular weight excluding hydrogens is 256 g/mol. The van der Waals surface area contributed by atoms with Crippen molar-refractivity contribution in [1.29, 1.82) is 0 Å². The molecule has 0 spiro atoms. The molecule has 1 atom stereocenters. The fraction of sp³-hybridized carbons (Fsp3) is 0.625. The molecule has 0 bridgehead atoms. The van der Waals surface area contributed by atoms with E-state index in [2.05, 4.69) is 37.9 Å². The van der Waals surface area contributed by atoms with E-state index in [1.807, 2.05) is 12.1 Å². The molecule has 108 valence electrons. The van der Waals surface area contributed by atoms with Gasteiger partial charge in [0, 0.05) is 11.6 Å². The third kappa shape index (κ3) is 6.95. The number of halogens is 1. The summed E-state index contributed by atoms with van der Waals surface area (Å²) in [7, 11) is 2.16. The van der Waals surface area contributed by atoms with Crippen LogP contribution in [0.1, 0.15) is 32.3 Å². The van der Waals surface area contributed by atoms with Gasteiger partial charge >= 0.3 is 0 Å². The van der Waals surface area contributed by atoms with E-state index in [1.54, 1.807) is 0 Å². The van der Waals surface area contributed by atoms with E-state index in [-0.39, 0.29) is 0 Å². The molecule has 0 aliphatic heterocycles. The van der Waals surface area contributed by atoms with Crippen LogP contribution in [-0.2, 0) is 6.54 Å². The van der Waals surface area contributed by atoms with E-state index in [9.17, 15) is 0 Å². The number of hydrogen-bond acceptors (Lipinski definition) is 2. The zero-order valence-corrected chi connectivity index (χ0v) is 13.2. The number of rotatable bonds is 8. The van der Waals surface area contributed by atoms with Crippen LogP contribution in [0.3, 0.4) is 0 Å². The summed E-state index contributed by atoms with van der Waals surface area (Å²) in [6.07, 6.45) is 2.41. The normalized spacial score (nSPS) is 13.2. The molecule has 0 aromatic heterocycles. The minimum Gasteiger partial charge on any atom is -0.330 e. The van der Waals surface area contributed by atoms with Crippen LogP contribution in [-0.4, -0.2) is 25.0 Å². The van der Waals surface area contributed by atoms with E-state index < -0.39 is 0 Å². The third-order valence-corrected chi connectivity index (χ3v) is 3.67. The molecule has 3 heteroatoms. The Morgan fingerprint density at radius 3 is 2.37 bits per heavy atom. The number of nitrogens with two attached hydrogens (primary N) is 1. The molecule has 1 aromatic rings. The first-order valence-electron chi connectivity index (χ1n) is 7.14. The Morgan fingerprint density at radius 1 is 1.21 bits per heavy atom. The van der Waals surface area contributed by atoms with E-state index in [0.717, 1.165) is 30.6 Å². The Morgan fingerprint density at radius 2 is 1.84 bits per heavy atom. The molecule has 2 N–H and O–H groups in total. The summed E-state index contributed by atoms with van der Waals surface area (Å²) in [6, 6.07) is 8.08. The van der Waals surface area contributed by atoms with Gasteiger partial charge in [0.05, 0.1) is 0 Å². The summed E-state index contributed by atoms with van der Waals surface area (Å²) >= 11 is 5.89. The molecule has 0 aliphatic rings. The molecule has 0 saturated carbocycles. The van der Waals surface area contributed by atoms with Gasteiger partial charge in [-0.15, -0.1) is 0 Å². The Labute approximate surface area is 122 Å². The van der Waals surface area contributed by atoms with Crippen molar-refractivity contribution in [3.8, 4) is 0 Å². The van der Waals surface area contributed by atoms with Gasteiger partial charge in [0.15, 0.2) is 0 Å². The van der Waals surface area contributed by atoms with Gasteiger partial charge in [-0.05, 0) is 62.5 Å². The number of hydrogen-bond donors (Lipinski definition) is 1. The number of nitrogens with zero attached hydrogens (tertiary/aromatic N) is 1. The summed E-state index contributed by atoms with van der Waals surface area (Å²) in [6.45, 7) is 7.39. The lowest BCUT2D eigenvalue weighted by Gasteiger charge is -2.22. The lowest BCUT2D eigenvalue weighted by atomic mass is 9.94. The monoisotopic (exact) mass is 282 g/mol. The lowest BCUT2D eigenvalue weighted by molar-refractivity contribution is 0.279. The Hall–Kier alpha value is -0.570. The van der Waals surface area contributed by atoms with Gasteiger partial charge < -0.3 is 10.6 Å². The topological polar surface area (TPSA) is 29.3 Å². The summed E-state index contributed by atoms with van der Waals surface area (Å²) in [5.41, 5.74) is 7.15. The summed E-state index contributed by atoms with van der Waals surface area (Å²) in [5.74, 6) is 1.38. The van der Waals surface area contributed by atoms with Crippen molar-refractivity contribution in [2.75, 3.05) is 20.1 Å². The molecule has 1 unspecified atom stereocenters. The highest BCUT2D eigenvalue weighted by Gasteiger charge is 2.10. The summed E-state index contributed by atoms with van der Waals surface area (Å²) in [4.78, 5) is 2.35. The van der Waals surface area contributed by atoms with Crippen molar-refractivity contribution in [1.82, 2.24) is 4.90 Å². The van der Waals surface area contributed by atoms with Gasteiger partial charge in [-0.25, -0.2) is 0 Å². The predicted octanol–water partition coefficient (Wildman–Crippen LogP) is 3.78. The highest BCUT2D eigenvalue weighted by Crippen LogP contribution is 2.16. The molecule has 1 aromatic carbocycles. The first-order chi connectivity index (χ1) is 9.01. The minimum absolute atomic E-state index is 0.646. The first-order valence-corrected chi connectivity index (χ1v) is 7.52. The van der Waals surface area contributed by atoms with Gasteiger partial charge in [0.2, 0.25) is 0 Å². The highest BCUT2D eigenvalue weighted by molar-refractivity contribution is 6.30. The average Bonchev–Trinajstić information content (AvgIpc) is 2.37. The van der Waals surface area contributed by atoms with Crippen molar-refractivity contribution in [2.45, 2.75) is 33.2 Å². The second-order valence-electron chi connectivity index (χ2n) is 5.88. The summed E-state index contributed by atoms with van der Waals surface area (Å²) < 4.78 is 0. The van der Waals surface area contributed by atoms with Crippen molar-refractivity contribution in [3.63, 3.8) is 0 Å². The van der Waals surface area contributed by atoms with Gasteiger partial charge in [0.1, 0.15) is 0 Å². The molecule has 0 radical (unpaired) electrons.